The predicted molar refractivity (Wildman–Crippen MR) is 114 cm³/mol. The minimum Gasteiger partial charge on any atom is -0.482 e. The van der Waals surface area contributed by atoms with Crippen molar-refractivity contribution in [1.29, 1.82) is 0 Å². The Hall–Kier alpha value is -3.61. The molecule has 0 saturated carbocycles. The van der Waals surface area contributed by atoms with E-state index < -0.39 is 18.5 Å². The number of nitrogens with zero attached hydrogens (tertiary/aromatic N) is 2. The molecular formula is C23H25N3O4. The molecule has 1 amide bonds. The number of aromatic nitrogens is 2. The van der Waals surface area contributed by atoms with Crippen molar-refractivity contribution in [3.8, 4) is 11.4 Å². The molecule has 1 N–H and O–H groups in total. The summed E-state index contributed by atoms with van der Waals surface area (Å²) in [6.07, 6.45) is 0. The summed E-state index contributed by atoms with van der Waals surface area (Å²) in [5.74, 6) is -0.0189. The number of ether oxygens (including phenoxy) is 2. The standard InChI is InChI=1S/C23H25N3O4/c1-23(2,3)19-14-20(26(25-19)17-10-6-4-7-11-17)24-21(27)15-30-22(28)16-29-18-12-8-5-9-13-18/h4-14H,15-16H2,1-3H3,(H,24,27). The van der Waals surface area contributed by atoms with Crippen molar-refractivity contribution in [2.75, 3.05) is 18.5 Å². The van der Waals surface area contributed by atoms with Crippen LogP contribution in [0, 0.1) is 0 Å². The fourth-order valence-corrected chi connectivity index (χ4v) is 2.63. The molecule has 3 rings (SSSR count). The summed E-state index contributed by atoms with van der Waals surface area (Å²) in [4.78, 5) is 24.2. The van der Waals surface area contributed by atoms with E-state index in [2.05, 4.69) is 10.4 Å². The highest BCUT2D eigenvalue weighted by atomic mass is 16.6. The summed E-state index contributed by atoms with van der Waals surface area (Å²) in [7, 11) is 0. The van der Waals surface area contributed by atoms with E-state index in [4.69, 9.17) is 9.47 Å². The van der Waals surface area contributed by atoms with Crippen molar-refractivity contribution in [3.63, 3.8) is 0 Å². The van der Waals surface area contributed by atoms with E-state index in [-0.39, 0.29) is 12.0 Å². The number of amides is 1. The van der Waals surface area contributed by atoms with Crippen LogP contribution in [-0.4, -0.2) is 34.9 Å². The van der Waals surface area contributed by atoms with Crippen LogP contribution in [0.25, 0.3) is 5.69 Å². The van der Waals surface area contributed by atoms with Crippen LogP contribution >= 0.6 is 0 Å². The molecule has 7 heteroatoms. The molecule has 1 aromatic heterocycles. The molecule has 1 heterocycles. The van der Waals surface area contributed by atoms with E-state index in [1.807, 2.05) is 63.2 Å². The average Bonchev–Trinajstić information content (AvgIpc) is 3.16. The van der Waals surface area contributed by atoms with Gasteiger partial charge < -0.3 is 14.8 Å². The van der Waals surface area contributed by atoms with E-state index in [0.717, 1.165) is 11.4 Å². The van der Waals surface area contributed by atoms with Gasteiger partial charge in [-0.2, -0.15) is 5.10 Å². The third-order valence-corrected chi connectivity index (χ3v) is 4.21. The molecule has 0 saturated heterocycles. The van der Waals surface area contributed by atoms with Crippen LogP contribution in [0.3, 0.4) is 0 Å². The van der Waals surface area contributed by atoms with E-state index in [9.17, 15) is 9.59 Å². The first kappa shape index (κ1) is 21.1. The Kier molecular flexibility index (Phi) is 6.51. The Morgan fingerprint density at radius 2 is 1.60 bits per heavy atom. The lowest BCUT2D eigenvalue weighted by Crippen LogP contribution is -2.24. The normalized spacial score (nSPS) is 11.0. The van der Waals surface area contributed by atoms with Gasteiger partial charge in [-0.3, -0.25) is 4.79 Å². The van der Waals surface area contributed by atoms with E-state index in [1.165, 1.54) is 0 Å². The molecule has 156 valence electrons. The molecule has 0 spiro atoms. The third kappa shape index (κ3) is 5.70. The molecule has 0 unspecified atom stereocenters. The number of esters is 1. The largest absolute Gasteiger partial charge is 0.482 e. The number of hydrogen-bond donors (Lipinski definition) is 1. The van der Waals surface area contributed by atoms with Crippen LogP contribution in [0.2, 0.25) is 0 Å². The van der Waals surface area contributed by atoms with Gasteiger partial charge in [-0.05, 0) is 24.3 Å². The van der Waals surface area contributed by atoms with Crippen LogP contribution in [0.4, 0.5) is 5.82 Å². The first-order valence-electron chi connectivity index (χ1n) is 9.62. The number of anilines is 1. The lowest BCUT2D eigenvalue weighted by atomic mass is 9.92. The fourth-order valence-electron chi connectivity index (χ4n) is 2.63. The summed E-state index contributed by atoms with van der Waals surface area (Å²) in [5.41, 5.74) is 1.45. The molecule has 30 heavy (non-hydrogen) atoms. The smallest absolute Gasteiger partial charge is 0.344 e. The first-order valence-corrected chi connectivity index (χ1v) is 9.62. The number of carbonyl (C=O) groups excluding carboxylic acids is 2. The molecule has 3 aromatic rings. The van der Waals surface area contributed by atoms with Crippen LogP contribution < -0.4 is 10.1 Å². The summed E-state index contributed by atoms with van der Waals surface area (Å²) in [6.45, 7) is 5.45. The molecular weight excluding hydrogens is 382 g/mol. The van der Waals surface area contributed by atoms with Gasteiger partial charge in [0, 0.05) is 11.5 Å². The number of benzene rings is 2. The minimum atomic E-state index is -0.624. The topological polar surface area (TPSA) is 82.5 Å². The highest BCUT2D eigenvalue weighted by Crippen LogP contribution is 2.26. The molecule has 7 nitrogen and oxygen atoms in total. The van der Waals surface area contributed by atoms with Gasteiger partial charge in [-0.1, -0.05) is 57.2 Å². The highest BCUT2D eigenvalue weighted by Gasteiger charge is 2.21. The predicted octanol–water partition coefficient (Wildman–Crippen LogP) is 3.73. The van der Waals surface area contributed by atoms with Crippen LogP contribution in [-0.2, 0) is 19.7 Å². The SMILES string of the molecule is CC(C)(C)c1cc(NC(=O)COC(=O)COc2ccccc2)n(-c2ccccc2)n1. The molecule has 0 fully saturated rings. The van der Waals surface area contributed by atoms with E-state index >= 15 is 0 Å². The van der Waals surface area contributed by atoms with Crippen molar-refractivity contribution in [2.24, 2.45) is 0 Å². The third-order valence-electron chi connectivity index (χ3n) is 4.21. The van der Waals surface area contributed by atoms with Gasteiger partial charge >= 0.3 is 5.97 Å². The molecule has 0 bridgehead atoms. The van der Waals surface area contributed by atoms with Gasteiger partial charge in [0.1, 0.15) is 11.6 Å². The number of para-hydroxylation sites is 2. The number of rotatable bonds is 7. The Labute approximate surface area is 175 Å². The van der Waals surface area contributed by atoms with Crippen molar-refractivity contribution >= 4 is 17.7 Å². The lowest BCUT2D eigenvalue weighted by molar-refractivity contribution is -0.149. The second-order valence-corrected chi connectivity index (χ2v) is 7.72. The molecule has 0 aliphatic heterocycles. The Bertz CT molecular complexity index is 992. The van der Waals surface area contributed by atoms with Gasteiger partial charge in [-0.15, -0.1) is 0 Å². The maximum Gasteiger partial charge on any atom is 0.344 e. The fraction of sp³-hybridized carbons (Fsp3) is 0.261. The molecule has 0 aliphatic carbocycles. The Morgan fingerprint density at radius 3 is 2.23 bits per heavy atom. The Balaban J connectivity index is 1.61. The van der Waals surface area contributed by atoms with Gasteiger partial charge in [0.15, 0.2) is 13.2 Å². The zero-order valence-electron chi connectivity index (χ0n) is 17.3. The Morgan fingerprint density at radius 1 is 0.967 bits per heavy atom. The zero-order valence-corrected chi connectivity index (χ0v) is 17.3. The summed E-state index contributed by atoms with van der Waals surface area (Å²) < 4.78 is 12.0. The molecule has 0 atom stereocenters. The summed E-state index contributed by atoms with van der Waals surface area (Å²) in [5, 5.41) is 7.41. The average molecular weight is 407 g/mol. The second kappa shape index (κ2) is 9.26. The van der Waals surface area contributed by atoms with Gasteiger partial charge in [0.05, 0.1) is 11.4 Å². The zero-order chi connectivity index (χ0) is 21.6. The van der Waals surface area contributed by atoms with E-state index in [1.54, 1.807) is 28.9 Å². The number of hydrogen-bond acceptors (Lipinski definition) is 5. The van der Waals surface area contributed by atoms with Gasteiger partial charge in [0.25, 0.3) is 5.91 Å². The molecule has 0 radical (unpaired) electrons. The van der Waals surface area contributed by atoms with Gasteiger partial charge in [0.2, 0.25) is 0 Å². The maximum absolute atomic E-state index is 12.4. The van der Waals surface area contributed by atoms with Crippen molar-refractivity contribution in [3.05, 3.63) is 72.4 Å². The monoisotopic (exact) mass is 407 g/mol. The highest BCUT2D eigenvalue weighted by molar-refractivity contribution is 5.92. The van der Waals surface area contributed by atoms with Crippen LogP contribution in [0.1, 0.15) is 26.5 Å². The summed E-state index contributed by atoms with van der Waals surface area (Å²) >= 11 is 0. The van der Waals surface area contributed by atoms with Crippen molar-refractivity contribution in [1.82, 2.24) is 9.78 Å². The molecule has 0 aliphatic rings. The van der Waals surface area contributed by atoms with Gasteiger partial charge in [-0.25, -0.2) is 9.48 Å². The number of carbonyl (C=O) groups is 2. The quantitative estimate of drug-likeness (QED) is 0.604. The van der Waals surface area contributed by atoms with Crippen LogP contribution in [0.15, 0.2) is 66.7 Å². The second-order valence-electron chi connectivity index (χ2n) is 7.72. The van der Waals surface area contributed by atoms with Crippen molar-refractivity contribution < 1.29 is 19.1 Å². The van der Waals surface area contributed by atoms with Crippen LogP contribution in [0.5, 0.6) is 5.75 Å². The van der Waals surface area contributed by atoms with Crippen molar-refractivity contribution in [2.45, 2.75) is 26.2 Å². The summed E-state index contributed by atoms with van der Waals surface area (Å²) in [6, 6.07) is 20.2. The van der Waals surface area contributed by atoms with E-state index in [0.29, 0.717) is 11.6 Å². The number of nitrogens with one attached hydrogen (secondary N) is 1. The lowest BCUT2D eigenvalue weighted by Gasteiger charge is -2.14. The minimum absolute atomic E-state index is 0.194. The molecule has 2 aromatic carbocycles. The first-order chi connectivity index (χ1) is 14.3. The maximum atomic E-state index is 12.4.